The van der Waals surface area contributed by atoms with Gasteiger partial charge < -0.3 is 10.6 Å². The molecule has 0 fully saturated rings. The molecule has 26 heavy (non-hydrogen) atoms. The molecule has 0 unspecified atom stereocenters. The van der Waals surface area contributed by atoms with E-state index in [0.717, 1.165) is 10.3 Å². The SMILES string of the molecule is CNC(=O)c1ccc(C)c(NC(=O)c2cc3cc([N+](=O)[O-])ccc3s2)c1. The van der Waals surface area contributed by atoms with Crippen molar-refractivity contribution >= 4 is 44.6 Å². The number of carbonyl (C=O) groups excluding carboxylic acids is 2. The van der Waals surface area contributed by atoms with Gasteiger partial charge in [-0.25, -0.2) is 0 Å². The number of benzene rings is 2. The number of hydrogen-bond donors (Lipinski definition) is 2. The molecular formula is C18H15N3O4S. The van der Waals surface area contributed by atoms with Crippen molar-refractivity contribution in [2.24, 2.45) is 0 Å². The van der Waals surface area contributed by atoms with Crippen molar-refractivity contribution in [2.45, 2.75) is 6.92 Å². The predicted octanol–water partition coefficient (Wildman–Crippen LogP) is 3.73. The molecule has 0 aliphatic heterocycles. The molecule has 0 atom stereocenters. The quantitative estimate of drug-likeness (QED) is 0.540. The fourth-order valence-electron chi connectivity index (χ4n) is 2.48. The van der Waals surface area contributed by atoms with E-state index in [1.807, 2.05) is 6.92 Å². The van der Waals surface area contributed by atoms with Crippen LogP contribution in [0.15, 0.2) is 42.5 Å². The van der Waals surface area contributed by atoms with E-state index in [1.54, 1.807) is 30.3 Å². The molecule has 3 rings (SSSR count). The van der Waals surface area contributed by atoms with E-state index in [1.165, 1.54) is 30.5 Å². The summed E-state index contributed by atoms with van der Waals surface area (Å²) in [6.45, 7) is 1.83. The maximum Gasteiger partial charge on any atom is 0.270 e. The van der Waals surface area contributed by atoms with Crippen LogP contribution in [0, 0.1) is 17.0 Å². The minimum absolute atomic E-state index is 0.0172. The van der Waals surface area contributed by atoms with Crippen molar-refractivity contribution in [2.75, 3.05) is 12.4 Å². The van der Waals surface area contributed by atoms with Crippen LogP contribution in [0.5, 0.6) is 0 Å². The second-order valence-electron chi connectivity index (χ2n) is 5.65. The van der Waals surface area contributed by atoms with Crippen LogP contribution in [0.2, 0.25) is 0 Å². The molecule has 1 heterocycles. The minimum Gasteiger partial charge on any atom is -0.355 e. The van der Waals surface area contributed by atoms with E-state index < -0.39 is 4.92 Å². The van der Waals surface area contributed by atoms with Crippen LogP contribution in [0.25, 0.3) is 10.1 Å². The van der Waals surface area contributed by atoms with Crippen molar-refractivity contribution in [1.29, 1.82) is 0 Å². The maximum absolute atomic E-state index is 12.6. The summed E-state index contributed by atoms with van der Waals surface area (Å²) >= 11 is 1.25. The number of rotatable bonds is 4. The fourth-order valence-corrected chi connectivity index (χ4v) is 3.42. The van der Waals surface area contributed by atoms with Crippen LogP contribution in [-0.2, 0) is 0 Å². The molecule has 0 radical (unpaired) electrons. The van der Waals surface area contributed by atoms with Gasteiger partial charge in [0.15, 0.2) is 0 Å². The Morgan fingerprint density at radius 2 is 1.85 bits per heavy atom. The van der Waals surface area contributed by atoms with Gasteiger partial charge in [-0.15, -0.1) is 11.3 Å². The number of fused-ring (bicyclic) bond motifs is 1. The lowest BCUT2D eigenvalue weighted by molar-refractivity contribution is -0.384. The number of nitrogens with one attached hydrogen (secondary N) is 2. The lowest BCUT2D eigenvalue weighted by Gasteiger charge is -2.09. The van der Waals surface area contributed by atoms with Gasteiger partial charge >= 0.3 is 0 Å². The maximum atomic E-state index is 12.6. The summed E-state index contributed by atoms with van der Waals surface area (Å²) < 4.78 is 0.789. The molecule has 7 nitrogen and oxygen atoms in total. The highest BCUT2D eigenvalue weighted by Crippen LogP contribution is 2.29. The van der Waals surface area contributed by atoms with Crippen LogP contribution < -0.4 is 10.6 Å². The standard InChI is InChI=1S/C18H15N3O4S/c1-10-3-4-11(17(22)19-2)8-14(10)20-18(23)16-9-12-7-13(21(24)25)5-6-15(12)26-16/h3-9H,1-2H3,(H,19,22)(H,20,23). The molecule has 2 amide bonds. The Balaban J connectivity index is 1.89. The van der Waals surface area contributed by atoms with Crippen LogP contribution in [0.3, 0.4) is 0 Å². The van der Waals surface area contributed by atoms with Gasteiger partial charge in [-0.05, 0) is 36.8 Å². The Kier molecular flexibility index (Phi) is 4.68. The molecule has 2 N–H and O–H groups in total. The van der Waals surface area contributed by atoms with E-state index in [0.29, 0.717) is 21.5 Å². The number of nitro groups is 1. The third-order valence-electron chi connectivity index (χ3n) is 3.91. The normalized spacial score (nSPS) is 10.5. The first kappa shape index (κ1) is 17.6. The molecule has 1 aromatic heterocycles. The van der Waals surface area contributed by atoms with E-state index in [4.69, 9.17) is 0 Å². The van der Waals surface area contributed by atoms with E-state index in [9.17, 15) is 19.7 Å². The van der Waals surface area contributed by atoms with Gasteiger partial charge in [0.2, 0.25) is 0 Å². The highest BCUT2D eigenvalue weighted by atomic mass is 32.1. The summed E-state index contributed by atoms with van der Waals surface area (Å²) in [4.78, 5) is 35.2. The highest BCUT2D eigenvalue weighted by Gasteiger charge is 2.15. The van der Waals surface area contributed by atoms with E-state index >= 15 is 0 Å². The molecule has 0 aliphatic carbocycles. The number of nitro benzene ring substituents is 1. The molecule has 0 aliphatic rings. The lowest BCUT2D eigenvalue weighted by Crippen LogP contribution is -2.18. The van der Waals surface area contributed by atoms with Crippen molar-refractivity contribution in [3.8, 4) is 0 Å². The first-order valence-electron chi connectivity index (χ1n) is 7.71. The average molecular weight is 369 g/mol. The number of carbonyl (C=O) groups is 2. The monoisotopic (exact) mass is 369 g/mol. The summed E-state index contributed by atoms with van der Waals surface area (Å²) in [6.07, 6.45) is 0. The first-order chi connectivity index (χ1) is 12.4. The third-order valence-corrected chi connectivity index (χ3v) is 5.02. The summed E-state index contributed by atoms with van der Waals surface area (Å²) in [7, 11) is 1.54. The lowest BCUT2D eigenvalue weighted by atomic mass is 10.1. The smallest absolute Gasteiger partial charge is 0.270 e. The van der Waals surface area contributed by atoms with Crippen LogP contribution in [0.4, 0.5) is 11.4 Å². The summed E-state index contributed by atoms with van der Waals surface area (Å²) in [6, 6.07) is 11.2. The molecule has 132 valence electrons. The Morgan fingerprint density at radius 3 is 2.54 bits per heavy atom. The summed E-state index contributed by atoms with van der Waals surface area (Å²) in [5, 5.41) is 16.9. The van der Waals surface area contributed by atoms with Crippen molar-refractivity contribution < 1.29 is 14.5 Å². The topological polar surface area (TPSA) is 101 Å². The number of amides is 2. The predicted molar refractivity (Wildman–Crippen MR) is 101 cm³/mol. The van der Waals surface area contributed by atoms with Crippen LogP contribution >= 0.6 is 11.3 Å². The van der Waals surface area contributed by atoms with Gasteiger partial charge in [-0.2, -0.15) is 0 Å². The van der Waals surface area contributed by atoms with Crippen molar-refractivity contribution in [3.63, 3.8) is 0 Å². The number of non-ortho nitro benzene ring substituents is 1. The van der Waals surface area contributed by atoms with E-state index in [2.05, 4.69) is 10.6 Å². The van der Waals surface area contributed by atoms with Crippen LogP contribution in [-0.4, -0.2) is 23.8 Å². The highest BCUT2D eigenvalue weighted by molar-refractivity contribution is 7.20. The third kappa shape index (κ3) is 3.40. The van der Waals surface area contributed by atoms with Gasteiger partial charge in [0.1, 0.15) is 0 Å². The Morgan fingerprint density at radius 1 is 1.08 bits per heavy atom. The molecule has 0 bridgehead atoms. The molecule has 0 saturated heterocycles. The zero-order valence-electron chi connectivity index (χ0n) is 14.0. The van der Waals surface area contributed by atoms with Crippen molar-refractivity contribution in [3.05, 3.63) is 68.6 Å². The van der Waals surface area contributed by atoms with Gasteiger partial charge in [-0.1, -0.05) is 6.07 Å². The molecule has 8 heteroatoms. The molecule has 2 aromatic carbocycles. The zero-order chi connectivity index (χ0) is 18.8. The second kappa shape index (κ2) is 6.93. The Labute approximate surface area is 152 Å². The number of hydrogen-bond acceptors (Lipinski definition) is 5. The van der Waals surface area contributed by atoms with Gasteiger partial charge in [-0.3, -0.25) is 19.7 Å². The molecule has 3 aromatic rings. The van der Waals surface area contributed by atoms with Gasteiger partial charge in [0, 0.05) is 40.5 Å². The minimum atomic E-state index is -0.468. The van der Waals surface area contributed by atoms with E-state index in [-0.39, 0.29) is 17.5 Å². The number of aryl methyl sites for hydroxylation is 1. The Bertz CT molecular complexity index is 1040. The zero-order valence-corrected chi connectivity index (χ0v) is 14.8. The number of nitrogens with zero attached hydrogens (tertiary/aromatic N) is 1. The number of anilines is 1. The van der Waals surface area contributed by atoms with Crippen molar-refractivity contribution in [1.82, 2.24) is 5.32 Å². The average Bonchev–Trinajstić information content (AvgIpc) is 3.06. The number of thiophene rings is 1. The summed E-state index contributed by atoms with van der Waals surface area (Å²) in [5.74, 6) is -0.569. The fraction of sp³-hybridized carbons (Fsp3) is 0.111. The first-order valence-corrected chi connectivity index (χ1v) is 8.53. The largest absolute Gasteiger partial charge is 0.355 e. The van der Waals surface area contributed by atoms with Gasteiger partial charge in [0.05, 0.1) is 9.80 Å². The second-order valence-corrected chi connectivity index (χ2v) is 6.74. The Hall–Kier alpha value is -3.26. The molecular weight excluding hydrogens is 354 g/mol. The molecule has 0 saturated carbocycles. The molecule has 0 spiro atoms. The van der Waals surface area contributed by atoms with Gasteiger partial charge in [0.25, 0.3) is 17.5 Å². The van der Waals surface area contributed by atoms with Crippen LogP contribution in [0.1, 0.15) is 25.6 Å². The summed E-state index contributed by atoms with van der Waals surface area (Å²) in [5.41, 5.74) is 1.79.